The molecule has 154 valence electrons. The summed E-state index contributed by atoms with van der Waals surface area (Å²) in [5, 5.41) is 24.7. The van der Waals surface area contributed by atoms with Gasteiger partial charge in [0.05, 0.1) is 30.2 Å². The van der Waals surface area contributed by atoms with E-state index >= 15 is 0 Å². The smallest absolute Gasteiger partial charge is 0.416 e. The molecule has 0 radical (unpaired) electrons. The van der Waals surface area contributed by atoms with Gasteiger partial charge in [0, 0.05) is 21.7 Å². The van der Waals surface area contributed by atoms with E-state index in [1.165, 1.54) is 19.2 Å². The van der Waals surface area contributed by atoms with E-state index in [4.69, 9.17) is 4.74 Å². The number of phenolic OH excluding ortho intramolecular Hbond substituents is 1. The van der Waals surface area contributed by atoms with Gasteiger partial charge in [-0.05, 0) is 18.2 Å². The van der Waals surface area contributed by atoms with Gasteiger partial charge in [-0.1, -0.05) is 22.0 Å². The minimum absolute atomic E-state index is 0.160. The largest absolute Gasteiger partial charge is 0.504 e. The summed E-state index contributed by atoms with van der Waals surface area (Å²) in [6.07, 6.45) is -4.20. The van der Waals surface area contributed by atoms with Gasteiger partial charge < -0.3 is 9.84 Å². The highest BCUT2D eigenvalue weighted by molar-refractivity contribution is 9.10. The van der Waals surface area contributed by atoms with Gasteiger partial charge in [-0.25, -0.2) is 5.43 Å². The third-order valence-corrected chi connectivity index (χ3v) is 4.10. The van der Waals surface area contributed by atoms with Gasteiger partial charge in [0.2, 0.25) is 5.91 Å². The van der Waals surface area contributed by atoms with Crippen LogP contribution in [0.1, 0.15) is 16.7 Å². The van der Waals surface area contributed by atoms with Crippen LogP contribution in [0.5, 0.6) is 11.5 Å². The van der Waals surface area contributed by atoms with Crippen LogP contribution in [0.15, 0.2) is 39.9 Å². The number of hydrogen-bond acceptors (Lipinski definition) is 6. The van der Waals surface area contributed by atoms with Crippen LogP contribution in [0.25, 0.3) is 0 Å². The molecule has 2 aromatic carbocycles. The molecule has 2 aromatic rings. The number of nitrogens with zero attached hydrogens (tertiary/aromatic N) is 2. The zero-order valence-electron chi connectivity index (χ0n) is 14.7. The fourth-order valence-electron chi connectivity index (χ4n) is 2.29. The summed E-state index contributed by atoms with van der Waals surface area (Å²) >= 11 is 3.21. The van der Waals surface area contributed by atoms with Crippen molar-refractivity contribution in [3.8, 4) is 11.5 Å². The Kier molecular flexibility index (Phi) is 6.80. The van der Waals surface area contributed by atoms with Crippen molar-refractivity contribution in [2.45, 2.75) is 12.6 Å². The Bertz CT molecular complexity index is 980. The van der Waals surface area contributed by atoms with Crippen molar-refractivity contribution in [1.29, 1.82) is 0 Å². The second-order valence-electron chi connectivity index (χ2n) is 5.61. The molecule has 2 N–H and O–H groups in total. The molecule has 8 nitrogen and oxygen atoms in total. The number of amides is 1. The fraction of sp³-hybridized carbons (Fsp3) is 0.176. The molecule has 0 atom stereocenters. The Morgan fingerprint density at radius 1 is 1.38 bits per heavy atom. The summed E-state index contributed by atoms with van der Waals surface area (Å²) in [6.45, 7) is 0. The molecule has 0 bridgehead atoms. The third kappa shape index (κ3) is 5.67. The summed E-state index contributed by atoms with van der Waals surface area (Å²) in [5.74, 6) is -0.870. The maximum atomic E-state index is 12.7. The zero-order valence-corrected chi connectivity index (χ0v) is 16.2. The van der Waals surface area contributed by atoms with E-state index in [1.807, 2.05) is 0 Å². The van der Waals surface area contributed by atoms with E-state index < -0.39 is 34.7 Å². The Labute approximate surface area is 170 Å². The van der Waals surface area contributed by atoms with Crippen molar-refractivity contribution in [3.63, 3.8) is 0 Å². The lowest BCUT2D eigenvalue weighted by Gasteiger charge is -2.08. The number of carbonyl (C=O) groups excluding carboxylic acids is 1. The van der Waals surface area contributed by atoms with Crippen LogP contribution >= 0.6 is 15.9 Å². The molecule has 29 heavy (non-hydrogen) atoms. The van der Waals surface area contributed by atoms with E-state index in [2.05, 4.69) is 26.5 Å². The number of hydrazone groups is 1. The quantitative estimate of drug-likeness (QED) is 0.374. The van der Waals surface area contributed by atoms with Gasteiger partial charge in [-0.15, -0.1) is 0 Å². The fourth-order valence-corrected chi connectivity index (χ4v) is 2.75. The van der Waals surface area contributed by atoms with Crippen LogP contribution in [0.3, 0.4) is 0 Å². The van der Waals surface area contributed by atoms with E-state index in [0.717, 1.165) is 12.3 Å². The standard InChI is InChI=1S/C17H13BrF3N3O5/c1-29-14-7-12(18)4-10(16(14)26)8-22-23-15(25)5-9-2-3-11(17(19,20)21)6-13(9)24(27)28/h2-4,6-8,26H,5H2,1H3,(H,23,25)/b22-8-. The molecule has 0 saturated heterocycles. The average molecular weight is 476 g/mol. The number of nitro groups is 1. The summed E-state index contributed by atoms with van der Waals surface area (Å²) < 4.78 is 43.7. The van der Waals surface area contributed by atoms with E-state index in [9.17, 15) is 33.2 Å². The monoisotopic (exact) mass is 475 g/mol. The van der Waals surface area contributed by atoms with Crippen molar-refractivity contribution in [3.05, 3.63) is 61.6 Å². The predicted octanol–water partition coefficient (Wildman–Crippen LogP) is 3.78. The van der Waals surface area contributed by atoms with E-state index in [-0.39, 0.29) is 22.6 Å². The summed E-state index contributed by atoms with van der Waals surface area (Å²) in [6, 6.07) is 4.90. The van der Waals surface area contributed by atoms with Crippen LogP contribution in [-0.2, 0) is 17.4 Å². The first-order valence-electron chi connectivity index (χ1n) is 7.76. The zero-order chi connectivity index (χ0) is 21.8. The summed E-state index contributed by atoms with van der Waals surface area (Å²) in [5.41, 5.74) is 0.0780. The Morgan fingerprint density at radius 3 is 2.66 bits per heavy atom. The number of alkyl halides is 3. The van der Waals surface area contributed by atoms with E-state index in [1.54, 1.807) is 0 Å². The third-order valence-electron chi connectivity index (χ3n) is 3.64. The highest BCUT2D eigenvalue weighted by Crippen LogP contribution is 2.34. The van der Waals surface area contributed by atoms with Crippen LogP contribution in [0.4, 0.5) is 18.9 Å². The highest BCUT2D eigenvalue weighted by Gasteiger charge is 2.33. The number of nitrogens with one attached hydrogen (secondary N) is 1. The predicted molar refractivity (Wildman–Crippen MR) is 99.9 cm³/mol. The number of nitro benzene ring substituents is 1. The molecular weight excluding hydrogens is 463 g/mol. The lowest BCUT2D eigenvalue weighted by atomic mass is 10.1. The summed E-state index contributed by atoms with van der Waals surface area (Å²) in [7, 11) is 1.35. The number of ether oxygens (including phenoxy) is 1. The maximum Gasteiger partial charge on any atom is 0.416 e. The molecule has 2 rings (SSSR count). The van der Waals surface area contributed by atoms with Crippen LogP contribution in [0.2, 0.25) is 0 Å². The van der Waals surface area contributed by atoms with Gasteiger partial charge in [0.25, 0.3) is 5.69 Å². The molecule has 0 aromatic heterocycles. The number of phenols is 1. The molecule has 0 heterocycles. The molecule has 0 aliphatic rings. The first-order chi connectivity index (χ1) is 13.5. The maximum absolute atomic E-state index is 12.7. The number of rotatable bonds is 6. The number of benzene rings is 2. The molecule has 0 fully saturated rings. The Morgan fingerprint density at radius 2 is 2.07 bits per heavy atom. The number of halogens is 4. The van der Waals surface area contributed by atoms with Gasteiger partial charge >= 0.3 is 6.18 Å². The Hall–Kier alpha value is -3.15. The minimum Gasteiger partial charge on any atom is -0.504 e. The van der Waals surface area contributed by atoms with Gasteiger partial charge in [0.15, 0.2) is 11.5 Å². The first kappa shape index (κ1) is 22.1. The number of carbonyl (C=O) groups is 1. The second kappa shape index (κ2) is 8.90. The van der Waals surface area contributed by atoms with Crippen molar-refractivity contribution >= 4 is 33.7 Å². The molecule has 0 saturated carbocycles. The second-order valence-corrected chi connectivity index (χ2v) is 6.53. The van der Waals surface area contributed by atoms with Crippen LogP contribution in [0, 0.1) is 10.1 Å². The molecular formula is C17H13BrF3N3O5. The number of hydrogen-bond donors (Lipinski definition) is 2. The minimum atomic E-state index is -4.75. The highest BCUT2D eigenvalue weighted by atomic mass is 79.9. The molecule has 0 spiro atoms. The first-order valence-corrected chi connectivity index (χ1v) is 8.55. The topological polar surface area (TPSA) is 114 Å². The lowest BCUT2D eigenvalue weighted by molar-refractivity contribution is -0.385. The molecule has 12 heteroatoms. The van der Waals surface area contributed by atoms with Crippen LogP contribution < -0.4 is 10.2 Å². The molecule has 0 unspecified atom stereocenters. The van der Waals surface area contributed by atoms with Crippen molar-refractivity contribution in [2.24, 2.45) is 5.10 Å². The number of methoxy groups -OCH3 is 1. The molecule has 0 aliphatic carbocycles. The lowest BCUT2D eigenvalue weighted by Crippen LogP contribution is -2.20. The Balaban J connectivity index is 2.15. The van der Waals surface area contributed by atoms with E-state index in [0.29, 0.717) is 16.6 Å². The van der Waals surface area contributed by atoms with Crippen LogP contribution in [-0.4, -0.2) is 29.3 Å². The molecule has 0 aliphatic heterocycles. The summed E-state index contributed by atoms with van der Waals surface area (Å²) in [4.78, 5) is 22.0. The van der Waals surface area contributed by atoms with Gasteiger partial charge in [-0.2, -0.15) is 18.3 Å². The SMILES string of the molecule is COc1cc(Br)cc(/C=N\NC(=O)Cc2ccc(C(F)(F)F)cc2[N+](=O)[O-])c1O. The molecule has 1 amide bonds. The van der Waals surface area contributed by atoms with Crippen molar-refractivity contribution < 1.29 is 32.7 Å². The number of aromatic hydroxyl groups is 1. The van der Waals surface area contributed by atoms with Gasteiger partial charge in [-0.3, -0.25) is 14.9 Å². The average Bonchev–Trinajstić information content (AvgIpc) is 2.63. The van der Waals surface area contributed by atoms with Crippen molar-refractivity contribution in [2.75, 3.05) is 7.11 Å². The normalized spacial score (nSPS) is 11.5. The van der Waals surface area contributed by atoms with Gasteiger partial charge in [0.1, 0.15) is 0 Å². The van der Waals surface area contributed by atoms with Crippen molar-refractivity contribution in [1.82, 2.24) is 5.43 Å².